The highest BCUT2D eigenvalue weighted by Crippen LogP contribution is 2.20. The predicted molar refractivity (Wildman–Crippen MR) is 44.8 cm³/mol. The van der Waals surface area contributed by atoms with Crippen LogP contribution in [0.15, 0.2) is 24.5 Å². The van der Waals surface area contributed by atoms with Crippen molar-refractivity contribution >= 4 is 5.69 Å². The van der Waals surface area contributed by atoms with E-state index in [1.807, 2.05) is 0 Å². The highest BCUT2D eigenvalue weighted by Gasteiger charge is 2.37. The number of halogens is 3. The van der Waals surface area contributed by atoms with E-state index < -0.39 is 18.8 Å². The molecule has 0 radical (unpaired) electrons. The fraction of sp³-hybridized carbons (Fsp3) is 0.375. The van der Waals surface area contributed by atoms with Crippen LogP contribution in [-0.4, -0.2) is 28.9 Å². The molecular formula is C8H9F3N2O. The smallest absolute Gasteiger partial charge is 0.382 e. The van der Waals surface area contributed by atoms with E-state index in [2.05, 4.69) is 10.3 Å². The van der Waals surface area contributed by atoms with E-state index in [-0.39, 0.29) is 0 Å². The Kier molecular flexibility index (Phi) is 3.29. The maximum atomic E-state index is 11.8. The Morgan fingerprint density at radius 2 is 1.93 bits per heavy atom. The maximum Gasteiger partial charge on any atom is 0.416 e. The van der Waals surface area contributed by atoms with Crippen molar-refractivity contribution in [2.75, 3.05) is 11.9 Å². The molecule has 2 N–H and O–H groups in total. The normalized spacial score (nSPS) is 13.7. The zero-order valence-corrected chi connectivity index (χ0v) is 7.12. The molecule has 0 aliphatic rings. The van der Waals surface area contributed by atoms with Crippen LogP contribution in [-0.2, 0) is 0 Å². The first-order valence-corrected chi connectivity index (χ1v) is 3.89. The van der Waals surface area contributed by atoms with Gasteiger partial charge in [-0.1, -0.05) is 0 Å². The number of alkyl halides is 3. The minimum atomic E-state index is -4.58. The van der Waals surface area contributed by atoms with Gasteiger partial charge in [0.25, 0.3) is 0 Å². The summed E-state index contributed by atoms with van der Waals surface area (Å²) in [7, 11) is 0. The lowest BCUT2D eigenvalue weighted by molar-refractivity contribution is -0.198. The van der Waals surface area contributed by atoms with E-state index in [1.54, 1.807) is 0 Å². The number of hydrogen-bond donors (Lipinski definition) is 2. The van der Waals surface area contributed by atoms with Gasteiger partial charge in [-0.15, -0.1) is 0 Å². The number of aromatic nitrogens is 1. The molecule has 0 fully saturated rings. The Morgan fingerprint density at radius 1 is 1.36 bits per heavy atom. The molecule has 14 heavy (non-hydrogen) atoms. The number of hydrogen-bond acceptors (Lipinski definition) is 3. The molecule has 0 saturated carbocycles. The Bertz CT molecular complexity index is 276. The molecule has 0 aliphatic heterocycles. The maximum absolute atomic E-state index is 11.8. The van der Waals surface area contributed by atoms with Crippen molar-refractivity contribution in [3.63, 3.8) is 0 Å². The average molecular weight is 206 g/mol. The van der Waals surface area contributed by atoms with Crippen LogP contribution in [0.4, 0.5) is 18.9 Å². The number of aliphatic hydroxyl groups is 1. The topological polar surface area (TPSA) is 45.1 Å². The van der Waals surface area contributed by atoms with Gasteiger partial charge >= 0.3 is 6.18 Å². The van der Waals surface area contributed by atoms with E-state index >= 15 is 0 Å². The van der Waals surface area contributed by atoms with Crippen LogP contribution in [0.1, 0.15) is 0 Å². The zero-order chi connectivity index (χ0) is 10.6. The van der Waals surface area contributed by atoms with Gasteiger partial charge in [0.1, 0.15) is 0 Å². The van der Waals surface area contributed by atoms with Crippen LogP contribution in [0, 0.1) is 0 Å². The molecule has 0 spiro atoms. The van der Waals surface area contributed by atoms with E-state index in [0.29, 0.717) is 5.69 Å². The van der Waals surface area contributed by atoms with Gasteiger partial charge in [0.2, 0.25) is 0 Å². The molecule has 0 aromatic carbocycles. The average Bonchev–Trinajstić information content (AvgIpc) is 2.14. The Labute approximate surface area is 78.6 Å². The Morgan fingerprint density at radius 3 is 2.43 bits per heavy atom. The summed E-state index contributed by atoms with van der Waals surface area (Å²) >= 11 is 0. The molecule has 0 bridgehead atoms. The van der Waals surface area contributed by atoms with Crippen molar-refractivity contribution in [3.05, 3.63) is 24.5 Å². The first-order valence-electron chi connectivity index (χ1n) is 3.89. The lowest BCUT2D eigenvalue weighted by Crippen LogP contribution is -2.34. The largest absolute Gasteiger partial charge is 0.416 e. The number of nitrogens with one attached hydrogen (secondary N) is 1. The van der Waals surface area contributed by atoms with Crippen molar-refractivity contribution in [2.24, 2.45) is 0 Å². The van der Waals surface area contributed by atoms with Gasteiger partial charge < -0.3 is 10.4 Å². The summed E-state index contributed by atoms with van der Waals surface area (Å²) in [6.45, 7) is -0.562. The molecule has 1 atom stereocenters. The monoisotopic (exact) mass is 206 g/mol. The summed E-state index contributed by atoms with van der Waals surface area (Å²) in [6.07, 6.45) is -4.04. The molecule has 0 amide bonds. The molecule has 78 valence electrons. The molecule has 6 heteroatoms. The third-order valence-electron chi connectivity index (χ3n) is 1.56. The molecule has 1 rings (SSSR count). The first kappa shape index (κ1) is 10.8. The SMILES string of the molecule is O[C@@H](CNc1ccncc1)C(F)(F)F. The predicted octanol–water partition coefficient (Wildman–Crippen LogP) is 1.42. The minimum Gasteiger partial charge on any atom is -0.382 e. The third-order valence-corrected chi connectivity index (χ3v) is 1.56. The van der Waals surface area contributed by atoms with Crippen LogP contribution in [0.25, 0.3) is 0 Å². The van der Waals surface area contributed by atoms with Gasteiger partial charge in [0, 0.05) is 24.6 Å². The second kappa shape index (κ2) is 4.28. The summed E-state index contributed by atoms with van der Waals surface area (Å²) in [5.74, 6) is 0. The van der Waals surface area contributed by atoms with Crippen LogP contribution >= 0.6 is 0 Å². The number of rotatable bonds is 3. The van der Waals surface area contributed by atoms with E-state index in [0.717, 1.165) is 0 Å². The van der Waals surface area contributed by atoms with Crippen LogP contribution in [0.5, 0.6) is 0 Å². The van der Waals surface area contributed by atoms with Crippen molar-refractivity contribution in [1.82, 2.24) is 4.98 Å². The molecule has 0 saturated heterocycles. The van der Waals surface area contributed by atoms with E-state index in [1.165, 1.54) is 24.5 Å². The number of nitrogens with zero attached hydrogens (tertiary/aromatic N) is 1. The van der Waals surface area contributed by atoms with Gasteiger partial charge in [-0.3, -0.25) is 4.98 Å². The highest BCUT2D eigenvalue weighted by atomic mass is 19.4. The van der Waals surface area contributed by atoms with Gasteiger partial charge in [-0.2, -0.15) is 13.2 Å². The van der Waals surface area contributed by atoms with Crippen LogP contribution in [0.2, 0.25) is 0 Å². The molecule has 0 aliphatic carbocycles. The van der Waals surface area contributed by atoms with Crippen molar-refractivity contribution < 1.29 is 18.3 Å². The lowest BCUT2D eigenvalue weighted by atomic mass is 10.3. The Hall–Kier alpha value is -1.30. The van der Waals surface area contributed by atoms with Gasteiger partial charge in [-0.05, 0) is 12.1 Å². The van der Waals surface area contributed by atoms with E-state index in [9.17, 15) is 13.2 Å². The zero-order valence-electron chi connectivity index (χ0n) is 7.12. The number of aliphatic hydroxyl groups excluding tert-OH is 1. The standard InChI is InChI=1S/C8H9F3N2O/c9-8(10,11)7(14)5-13-6-1-3-12-4-2-6/h1-4,7,14H,5H2,(H,12,13)/t7-/m0/s1. The summed E-state index contributed by atoms with van der Waals surface area (Å²) in [5.41, 5.74) is 0.489. The second-order valence-electron chi connectivity index (χ2n) is 2.67. The van der Waals surface area contributed by atoms with Gasteiger partial charge in [0.05, 0.1) is 0 Å². The third kappa shape index (κ3) is 3.21. The second-order valence-corrected chi connectivity index (χ2v) is 2.67. The lowest BCUT2D eigenvalue weighted by Gasteiger charge is -2.15. The number of anilines is 1. The van der Waals surface area contributed by atoms with Crippen molar-refractivity contribution in [1.29, 1.82) is 0 Å². The van der Waals surface area contributed by atoms with E-state index in [4.69, 9.17) is 5.11 Å². The molecule has 1 aromatic rings. The van der Waals surface area contributed by atoms with Crippen molar-refractivity contribution in [3.8, 4) is 0 Å². The van der Waals surface area contributed by atoms with Gasteiger partial charge in [-0.25, -0.2) is 0 Å². The highest BCUT2D eigenvalue weighted by molar-refractivity contribution is 5.40. The first-order chi connectivity index (χ1) is 6.50. The molecule has 1 aromatic heterocycles. The Balaban J connectivity index is 2.42. The molecule has 1 heterocycles. The number of pyridine rings is 1. The molecular weight excluding hydrogens is 197 g/mol. The molecule has 3 nitrogen and oxygen atoms in total. The molecule has 0 unspecified atom stereocenters. The summed E-state index contributed by atoms with van der Waals surface area (Å²) in [4.78, 5) is 3.70. The summed E-state index contributed by atoms with van der Waals surface area (Å²) < 4.78 is 35.5. The van der Waals surface area contributed by atoms with Crippen LogP contribution in [0.3, 0.4) is 0 Å². The fourth-order valence-corrected chi connectivity index (χ4v) is 0.800. The summed E-state index contributed by atoms with van der Waals surface area (Å²) in [6, 6.07) is 3.03. The quantitative estimate of drug-likeness (QED) is 0.786. The minimum absolute atomic E-state index is 0.489. The van der Waals surface area contributed by atoms with Crippen molar-refractivity contribution in [2.45, 2.75) is 12.3 Å². The van der Waals surface area contributed by atoms with Crippen LogP contribution < -0.4 is 5.32 Å². The summed E-state index contributed by atoms with van der Waals surface area (Å²) in [5, 5.41) is 11.1. The fourth-order valence-electron chi connectivity index (χ4n) is 0.800. The van der Waals surface area contributed by atoms with Gasteiger partial charge in [0.15, 0.2) is 6.10 Å².